The minimum absolute atomic E-state index is 0.104. The number of aliphatic hydroxyl groups excluding tert-OH is 1. The Morgan fingerprint density at radius 2 is 1.10 bits per heavy atom. The van der Waals surface area contributed by atoms with E-state index in [4.69, 9.17) is 104 Å². The predicted octanol–water partition coefficient (Wildman–Crippen LogP) is 6.70. The summed E-state index contributed by atoms with van der Waals surface area (Å²) in [5.41, 5.74) is 0.894. The Morgan fingerprint density at radius 1 is 0.714 bits per heavy atom. The minimum atomic E-state index is -1.85. The van der Waals surface area contributed by atoms with Gasteiger partial charge in [0.2, 0.25) is 11.4 Å². The molecule has 1 nitrogen and oxygen atoms in total. The van der Waals surface area contributed by atoms with Crippen molar-refractivity contribution in [3.63, 3.8) is 0 Å². The number of rotatable bonds is 2. The number of aliphatic hydroxyl groups is 1. The minimum Gasteiger partial charge on any atom is -0.396 e. The van der Waals surface area contributed by atoms with Gasteiger partial charge in [-0.25, -0.2) is 0 Å². The topological polar surface area (TPSA) is 20.2 Å². The van der Waals surface area contributed by atoms with Crippen molar-refractivity contribution in [3.05, 3.63) is 34.4 Å². The van der Waals surface area contributed by atoms with Crippen LogP contribution in [0.25, 0.3) is 0 Å². The van der Waals surface area contributed by atoms with Gasteiger partial charge >= 0.3 is 0 Å². The number of hydrogen-bond donors (Lipinski definition) is 1. The molecule has 0 bridgehead atoms. The lowest BCUT2D eigenvalue weighted by atomic mass is 9.97. The molecule has 0 aliphatic heterocycles. The lowest BCUT2D eigenvalue weighted by Gasteiger charge is -2.26. The van der Waals surface area contributed by atoms with Gasteiger partial charge in [0.05, 0.1) is 0 Å². The molecule has 120 valence electrons. The van der Waals surface area contributed by atoms with Crippen LogP contribution in [-0.2, 0) is 17.8 Å². The monoisotopic (exact) mass is 470 g/mol. The van der Waals surface area contributed by atoms with Gasteiger partial charge in [-0.1, -0.05) is 104 Å². The number of halogens is 9. The SMILES string of the molecule is OCCc1c(C(Cl)(Cl)Cl)cc(C(Cl)(Cl)Cl)cc1C(Cl)(Cl)Cl. The van der Waals surface area contributed by atoms with Gasteiger partial charge in [-0.2, -0.15) is 0 Å². The molecule has 0 saturated heterocycles. The Hall–Kier alpha value is 1.79. The summed E-state index contributed by atoms with van der Waals surface area (Å²) >= 11 is 53.2. The molecule has 1 rings (SSSR count). The molecule has 0 aromatic heterocycles. The summed E-state index contributed by atoms with van der Waals surface area (Å²) in [5.74, 6) is 0. The van der Waals surface area contributed by atoms with Crippen LogP contribution < -0.4 is 0 Å². The first-order valence-corrected chi connectivity index (χ1v) is 8.68. The normalized spacial score (nSPS) is 13.6. The second kappa shape index (κ2) is 7.35. The smallest absolute Gasteiger partial charge is 0.216 e. The molecule has 0 amide bonds. The van der Waals surface area contributed by atoms with E-state index < -0.39 is 11.4 Å². The molecule has 0 aliphatic carbocycles. The molecule has 0 heterocycles. The van der Waals surface area contributed by atoms with Gasteiger partial charge in [-0.3, -0.25) is 0 Å². The summed E-state index contributed by atoms with van der Waals surface area (Å²) in [7, 11) is 0. The Balaban J connectivity index is 3.75. The van der Waals surface area contributed by atoms with E-state index in [1.54, 1.807) is 0 Å². The van der Waals surface area contributed by atoms with Crippen LogP contribution in [0.1, 0.15) is 22.3 Å². The van der Waals surface area contributed by atoms with Crippen LogP contribution in [0.15, 0.2) is 12.1 Å². The highest BCUT2D eigenvalue weighted by Crippen LogP contribution is 2.50. The van der Waals surface area contributed by atoms with Crippen molar-refractivity contribution in [2.45, 2.75) is 17.8 Å². The van der Waals surface area contributed by atoms with E-state index in [9.17, 15) is 5.11 Å². The highest BCUT2D eigenvalue weighted by molar-refractivity contribution is 6.68. The van der Waals surface area contributed by atoms with E-state index in [2.05, 4.69) is 0 Å². The summed E-state index contributed by atoms with van der Waals surface area (Å²) in [6.45, 7) is -0.241. The molecule has 10 heteroatoms. The fourth-order valence-corrected chi connectivity index (χ4v) is 3.06. The van der Waals surface area contributed by atoms with Crippen LogP contribution in [0.3, 0.4) is 0 Å². The lowest BCUT2D eigenvalue weighted by molar-refractivity contribution is 0.299. The molecule has 1 N–H and O–H groups in total. The zero-order valence-corrected chi connectivity index (χ0v) is 16.7. The van der Waals surface area contributed by atoms with E-state index in [-0.39, 0.29) is 29.7 Å². The van der Waals surface area contributed by atoms with Crippen LogP contribution in [0.2, 0.25) is 0 Å². The summed E-state index contributed by atoms with van der Waals surface area (Å²) in [6.07, 6.45) is 0.104. The van der Waals surface area contributed by atoms with Crippen molar-refractivity contribution in [2.75, 3.05) is 6.61 Å². The summed E-state index contributed by atoms with van der Waals surface area (Å²) < 4.78 is -5.49. The first-order valence-electron chi connectivity index (χ1n) is 5.28. The molecule has 0 radical (unpaired) electrons. The average Bonchev–Trinajstić information content (AvgIpc) is 2.24. The van der Waals surface area contributed by atoms with Crippen molar-refractivity contribution in [3.8, 4) is 0 Å². The van der Waals surface area contributed by atoms with Gasteiger partial charge in [-0.05, 0) is 24.1 Å². The Labute approximate surface area is 167 Å². The molecule has 0 spiro atoms. The third kappa shape index (κ3) is 5.67. The molecular formula is C11H7Cl9O. The van der Waals surface area contributed by atoms with Gasteiger partial charge in [-0.15, -0.1) is 0 Å². The van der Waals surface area contributed by atoms with Gasteiger partial charge in [0.1, 0.15) is 0 Å². The molecular weight excluding hydrogens is 467 g/mol. The second-order valence-corrected chi connectivity index (χ2v) is 10.9. The summed E-state index contributed by atoms with van der Waals surface area (Å²) in [4.78, 5) is 0. The van der Waals surface area contributed by atoms with Crippen LogP contribution in [-0.4, -0.2) is 11.7 Å². The first kappa shape index (κ1) is 20.8. The van der Waals surface area contributed by atoms with Crippen LogP contribution in [0, 0.1) is 0 Å². The fraction of sp³-hybridized carbons (Fsp3) is 0.455. The quantitative estimate of drug-likeness (QED) is 0.473. The zero-order valence-electron chi connectivity index (χ0n) is 9.92. The van der Waals surface area contributed by atoms with Crippen molar-refractivity contribution >= 4 is 104 Å². The summed E-state index contributed by atoms with van der Waals surface area (Å²) in [5, 5.41) is 9.19. The fourth-order valence-electron chi connectivity index (χ4n) is 1.72. The van der Waals surface area contributed by atoms with E-state index in [1.165, 1.54) is 12.1 Å². The van der Waals surface area contributed by atoms with Gasteiger partial charge in [0.15, 0.2) is 0 Å². The lowest BCUT2D eigenvalue weighted by Crippen LogP contribution is -2.17. The molecule has 0 fully saturated rings. The molecule has 0 unspecified atom stereocenters. The maximum absolute atomic E-state index is 9.19. The zero-order chi connectivity index (χ0) is 16.6. The van der Waals surface area contributed by atoms with Crippen molar-refractivity contribution in [1.29, 1.82) is 0 Å². The van der Waals surface area contributed by atoms with Crippen LogP contribution in [0.5, 0.6) is 0 Å². The predicted molar refractivity (Wildman–Crippen MR) is 94.9 cm³/mol. The van der Waals surface area contributed by atoms with E-state index in [1.807, 2.05) is 0 Å². The van der Waals surface area contributed by atoms with Crippen molar-refractivity contribution in [1.82, 2.24) is 0 Å². The third-order valence-corrected chi connectivity index (χ3v) is 4.43. The summed E-state index contributed by atoms with van der Waals surface area (Å²) in [6, 6.07) is 2.79. The molecule has 0 atom stereocenters. The maximum Gasteiger partial charge on any atom is 0.216 e. The van der Waals surface area contributed by atoms with Gasteiger partial charge in [0, 0.05) is 23.3 Å². The Morgan fingerprint density at radius 3 is 1.33 bits per heavy atom. The molecule has 0 aliphatic rings. The van der Waals surface area contributed by atoms with Crippen molar-refractivity contribution in [2.24, 2.45) is 0 Å². The van der Waals surface area contributed by atoms with E-state index >= 15 is 0 Å². The largest absolute Gasteiger partial charge is 0.396 e. The highest BCUT2D eigenvalue weighted by Gasteiger charge is 2.36. The average molecular weight is 474 g/mol. The third-order valence-electron chi connectivity index (χ3n) is 2.55. The van der Waals surface area contributed by atoms with Crippen LogP contribution in [0.4, 0.5) is 0 Å². The van der Waals surface area contributed by atoms with Gasteiger partial charge < -0.3 is 5.11 Å². The Bertz CT molecular complexity index is 475. The van der Waals surface area contributed by atoms with E-state index in [0.717, 1.165) is 0 Å². The van der Waals surface area contributed by atoms with Gasteiger partial charge in [0.25, 0.3) is 0 Å². The Kier molecular flexibility index (Phi) is 7.29. The molecule has 1 aromatic carbocycles. The standard InChI is InChI=1S/C11H7Cl9O/c12-9(13,14)5-3-7(10(15,16)17)6(1-2-21)8(4-5)11(18,19)20/h3-4,21H,1-2H2. The molecule has 0 saturated carbocycles. The number of benzene rings is 1. The maximum atomic E-state index is 9.19. The second-order valence-electron chi connectivity index (χ2n) is 4.02. The number of alkyl halides is 9. The molecule has 1 aromatic rings. The van der Waals surface area contributed by atoms with Crippen molar-refractivity contribution < 1.29 is 5.11 Å². The number of hydrogen-bond acceptors (Lipinski definition) is 1. The van der Waals surface area contributed by atoms with Crippen LogP contribution >= 0.6 is 104 Å². The van der Waals surface area contributed by atoms with E-state index in [0.29, 0.717) is 5.56 Å². The first-order chi connectivity index (χ1) is 9.28. The highest BCUT2D eigenvalue weighted by atomic mass is 35.6. The molecule has 21 heavy (non-hydrogen) atoms.